The summed E-state index contributed by atoms with van der Waals surface area (Å²) in [4.78, 5) is 42.1. The zero-order valence-electron chi connectivity index (χ0n) is 15.3. The molecule has 0 aliphatic rings. The summed E-state index contributed by atoms with van der Waals surface area (Å²) in [7, 11) is 0. The highest BCUT2D eigenvalue weighted by atomic mass is 16.5. The minimum Gasteiger partial charge on any atom is -0.494 e. The molecule has 0 fully saturated rings. The molecular weight excluding hydrogens is 360 g/mol. The molecule has 2 N–H and O–H groups in total. The standard InChI is InChI=1S/C20H20N4O4/c1-2-28-16-6-3-14(4-7-16)17-11-19(26)24(13-23-17)10-9-21-20(27)15-5-8-18(25)22-12-15/h3-8,11-13H,2,9-10H2,1H3,(H,21,27)(H,22,25). The van der Waals surface area contributed by atoms with E-state index in [1.807, 2.05) is 31.2 Å². The van der Waals surface area contributed by atoms with Crippen LogP contribution in [0.2, 0.25) is 0 Å². The van der Waals surface area contributed by atoms with Crippen molar-refractivity contribution in [1.82, 2.24) is 19.9 Å². The van der Waals surface area contributed by atoms with Crippen LogP contribution in [-0.4, -0.2) is 33.6 Å². The molecule has 1 amide bonds. The molecule has 8 heteroatoms. The van der Waals surface area contributed by atoms with Crippen molar-refractivity contribution >= 4 is 5.91 Å². The first-order chi connectivity index (χ1) is 13.6. The van der Waals surface area contributed by atoms with Crippen LogP contribution in [0.15, 0.2) is 64.6 Å². The largest absolute Gasteiger partial charge is 0.494 e. The van der Waals surface area contributed by atoms with Gasteiger partial charge in [0.25, 0.3) is 11.5 Å². The van der Waals surface area contributed by atoms with Crippen molar-refractivity contribution in [3.8, 4) is 17.0 Å². The highest BCUT2D eigenvalue weighted by Gasteiger charge is 2.06. The minimum atomic E-state index is -0.330. The lowest BCUT2D eigenvalue weighted by Crippen LogP contribution is -2.31. The molecule has 0 atom stereocenters. The summed E-state index contributed by atoms with van der Waals surface area (Å²) in [6.45, 7) is 3.04. The number of ether oxygens (including phenoxy) is 1. The molecule has 144 valence electrons. The van der Waals surface area contributed by atoms with Gasteiger partial charge in [0.2, 0.25) is 5.56 Å². The summed E-state index contributed by atoms with van der Waals surface area (Å²) >= 11 is 0. The van der Waals surface area contributed by atoms with Crippen LogP contribution in [0.4, 0.5) is 0 Å². The van der Waals surface area contributed by atoms with Gasteiger partial charge in [0.15, 0.2) is 0 Å². The number of carbonyl (C=O) groups excluding carboxylic acids is 1. The SMILES string of the molecule is CCOc1ccc(-c2cc(=O)n(CCNC(=O)c3ccc(=O)[nH]c3)cn2)cc1. The summed E-state index contributed by atoms with van der Waals surface area (Å²) in [5, 5.41) is 2.70. The van der Waals surface area contributed by atoms with Crippen LogP contribution in [-0.2, 0) is 6.54 Å². The van der Waals surface area contributed by atoms with Gasteiger partial charge < -0.3 is 15.0 Å². The topological polar surface area (TPSA) is 106 Å². The summed E-state index contributed by atoms with van der Waals surface area (Å²) in [5.41, 5.74) is 1.25. The second-order valence-electron chi connectivity index (χ2n) is 5.96. The number of nitrogens with zero attached hydrogens (tertiary/aromatic N) is 2. The molecule has 0 saturated heterocycles. The van der Waals surface area contributed by atoms with E-state index in [2.05, 4.69) is 15.3 Å². The summed E-state index contributed by atoms with van der Waals surface area (Å²) in [5.74, 6) is 0.432. The van der Waals surface area contributed by atoms with Crippen LogP contribution >= 0.6 is 0 Å². The third-order valence-corrected chi connectivity index (χ3v) is 4.03. The molecule has 8 nitrogen and oxygen atoms in total. The lowest BCUT2D eigenvalue weighted by molar-refractivity contribution is 0.0951. The fraction of sp³-hybridized carbons (Fsp3) is 0.200. The van der Waals surface area contributed by atoms with Crippen LogP contribution in [0, 0.1) is 0 Å². The minimum absolute atomic E-state index is 0.211. The van der Waals surface area contributed by atoms with Gasteiger partial charge >= 0.3 is 0 Å². The molecule has 0 unspecified atom stereocenters. The average molecular weight is 380 g/mol. The molecule has 0 saturated carbocycles. The Hall–Kier alpha value is -3.68. The third-order valence-electron chi connectivity index (χ3n) is 4.03. The molecule has 28 heavy (non-hydrogen) atoms. The molecular formula is C20H20N4O4. The van der Waals surface area contributed by atoms with Crippen LogP contribution in [0.5, 0.6) is 5.75 Å². The molecule has 3 aromatic rings. The van der Waals surface area contributed by atoms with E-state index in [0.717, 1.165) is 11.3 Å². The first kappa shape index (κ1) is 19.1. The van der Waals surface area contributed by atoms with Crippen molar-refractivity contribution in [3.05, 3.63) is 81.3 Å². The van der Waals surface area contributed by atoms with Crippen molar-refractivity contribution in [2.45, 2.75) is 13.5 Å². The smallest absolute Gasteiger partial charge is 0.253 e. The van der Waals surface area contributed by atoms with E-state index in [9.17, 15) is 14.4 Å². The third kappa shape index (κ3) is 4.73. The lowest BCUT2D eigenvalue weighted by atomic mass is 10.1. The number of H-pyrrole nitrogens is 1. The Kier molecular flexibility index (Phi) is 6.01. The molecule has 0 spiro atoms. The predicted molar refractivity (Wildman–Crippen MR) is 104 cm³/mol. The van der Waals surface area contributed by atoms with Gasteiger partial charge in [0, 0.05) is 37.0 Å². The van der Waals surface area contributed by atoms with Gasteiger partial charge in [-0.3, -0.25) is 19.0 Å². The van der Waals surface area contributed by atoms with Gasteiger partial charge in [-0.1, -0.05) is 0 Å². The van der Waals surface area contributed by atoms with Crippen LogP contribution in [0.1, 0.15) is 17.3 Å². The number of aromatic nitrogens is 3. The van der Waals surface area contributed by atoms with Gasteiger partial charge in [-0.2, -0.15) is 0 Å². The average Bonchev–Trinajstić information content (AvgIpc) is 2.70. The van der Waals surface area contributed by atoms with E-state index in [0.29, 0.717) is 17.9 Å². The molecule has 0 bridgehead atoms. The monoisotopic (exact) mass is 380 g/mol. The summed E-state index contributed by atoms with van der Waals surface area (Å²) < 4.78 is 6.82. The van der Waals surface area contributed by atoms with Crippen molar-refractivity contribution in [3.63, 3.8) is 0 Å². The van der Waals surface area contributed by atoms with E-state index in [1.165, 1.54) is 35.3 Å². The number of aromatic amines is 1. The molecule has 3 rings (SSSR count). The number of benzene rings is 1. The quantitative estimate of drug-likeness (QED) is 0.645. The Morgan fingerprint density at radius 3 is 2.61 bits per heavy atom. The van der Waals surface area contributed by atoms with E-state index in [4.69, 9.17) is 4.74 Å². The lowest BCUT2D eigenvalue weighted by Gasteiger charge is -2.09. The van der Waals surface area contributed by atoms with Crippen LogP contribution in [0.3, 0.4) is 0 Å². The van der Waals surface area contributed by atoms with Crippen LogP contribution in [0.25, 0.3) is 11.3 Å². The van der Waals surface area contributed by atoms with E-state index in [1.54, 1.807) is 0 Å². The Morgan fingerprint density at radius 1 is 1.18 bits per heavy atom. The zero-order chi connectivity index (χ0) is 19.9. The molecule has 2 heterocycles. The Balaban J connectivity index is 1.61. The number of pyridine rings is 1. The zero-order valence-corrected chi connectivity index (χ0v) is 15.3. The van der Waals surface area contributed by atoms with Crippen LogP contribution < -0.4 is 21.2 Å². The number of carbonyl (C=O) groups is 1. The summed E-state index contributed by atoms with van der Waals surface area (Å²) in [6, 6.07) is 11.5. The summed E-state index contributed by atoms with van der Waals surface area (Å²) in [6.07, 6.45) is 2.80. The Bertz CT molecular complexity index is 1050. The van der Waals surface area contributed by atoms with Crippen molar-refractivity contribution in [2.75, 3.05) is 13.2 Å². The van der Waals surface area contributed by atoms with Gasteiger partial charge in [-0.05, 0) is 37.3 Å². The second kappa shape index (κ2) is 8.81. The Labute approximate surface area is 160 Å². The molecule has 2 aromatic heterocycles. The molecule has 0 radical (unpaired) electrons. The normalized spacial score (nSPS) is 10.5. The first-order valence-corrected chi connectivity index (χ1v) is 8.83. The van der Waals surface area contributed by atoms with E-state index >= 15 is 0 Å². The van der Waals surface area contributed by atoms with Crippen molar-refractivity contribution in [2.24, 2.45) is 0 Å². The molecule has 0 aliphatic carbocycles. The van der Waals surface area contributed by atoms with Gasteiger partial charge in [0.1, 0.15) is 5.75 Å². The first-order valence-electron chi connectivity index (χ1n) is 8.83. The fourth-order valence-electron chi connectivity index (χ4n) is 2.58. The van der Waals surface area contributed by atoms with E-state index < -0.39 is 0 Å². The van der Waals surface area contributed by atoms with Crippen molar-refractivity contribution < 1.29 is 9.53 Å². The molecule has 0 aliphatic heterocycles. The molecule has 1 aromatic carbocycles. The number of amides is 1. The van der Waals surface area contributed by atoms with E-state index in [-0.39, 0.29) is 30.1 Å². The van der Waals surface area contributed by atoms with Crippen molar-refractivity contribution in [1.29, 1.82) is 0 Å². The number of rotatable bonds is 7. The van der Waals surface area contributed by atoms with Gasteiger partial charge in [-0.15, -0.1) is 0 Å². The number of hydrogen-bond acceptors (Lipinski definition) is 5. The predicted octanol–water partition coefficient (Wildman–Crippen LogP) is 1.43. The maximum absolute atomic E-state index is 12.3. The van der Waals surface area contributed by atoms with Gasteiger partial charge in [-0.25, -0.2) is 4.98 Å². The number of nitrogens with one attached hydrogen (secondary N) is 2. The highest BCUT2D eigenvalue weighted by Crippen LogP contribution is 2.19. The number of hydrogen-bond donors (Lipinski definition) is 2. The fourth-order valence-corrected chi connectivity index (χ4v) is 2.58. The maximum Gasteiger partial charge on any atom is 0.253 e. The van der Waals surface area contributed by atoms with Gasteiger partial charge in [0.05, 0.1) is 24.2 Å². The Morgan fingerprint density at radius 2 is 1.96 bits per heavy atom. The second-order valence-corrected chi connectivity index (χ2v) is 5.96. The highest BCUT2D eigenvalue weighted by molar-refractivity contribution is 5.93. The maximum atomic E-state index is 12.3.